The van der Waals surface area contributed by atoms with Gasteiger partial charge < -0.3 is 5.11 Å². The Kier molecular flexibility index (Phi) is 4.23. The van der Waals surface area contributed by atoms with E-state index in [9.17, 15) is 9.90 Å². The number of benzene rings is 1. The highest BCUT2D eigenvalue weighted by atomic mass is 79.9. The fourth-order valence-corrected chi connectivity index (χ4v) is 3.81. The number of hydrogen-bond acceptors (Lipinski definition) is 3. The fraction of sp³-hybridized carbons (Fsp3) is 0.286. The van der Waals surface area contributed by atoms with Crippen LogP contribution in [0, 0.1) is 0 Å². The first-order chi connectivity index (χ1) is 9.20. The highest BCUT2D eigenvalue weighted by molar-refractivity contribution is 9.10. The van der Waals surface area contributed by atoms with Crippen molar-refractivity contribution >= 4 is 44.8 Å². The van der Waals surface area contributed by atoms with Crippen LogP contribution in [0.4, 0.5) is 0 Å². The van der Waals surface area contributed by atoms with Gasteiger partial charge in [-0.25, -0.2) is 9.78 Å². The van der Waals surface area contributed by atoms with E-state index in [0.717, 1.165) is 15.0 Å². The maximum absolute atomic E-state index is 11.4. The molecule has 0 fully saturated rings. The Bertz CT molecular complexity index is 676. The van der Waals surface area contributed by atoms with Crippen molar-refractivity contribution in [2.24, 2.45) is 0 Å². The summed E-state index contributed by atoms with van der Waals surface area (Å²) < 4.78 is 0.761. The second-order valence-electron chi connectivity index (χ2n) is 5.38. The van der Waals surface area contributed by atoms with E-state index in [1.165, 1.54) is 11.3 Å². The van der Waals surface area contributed by atoms with Gasteiger partial charge >= 0.3 is 5.97 Å². The van der Waals surface area contributed by atoms with Gasteiger partial charge in [-0.3, -0.25) is 0 Å². The zero-order valence-electron chi connectivity index (χ0n) is 11.2. The van der Waals surface area contributed by atoms with E-state index in [1.807, 2.05) is 20.8 Å². The van der Waals surface area contributed by atoms with Gasteiger partial charge in [0.25, 0.3) is 0 Å². The molecule has 1 aromatic carbocycles. The van der Waals surface area contributed by atoms with E-state index < -0.39 is 5.97 Å². The van der Waals surface area contributed by atoms with E-state index in [4.69, 9.17) is 11.6 Å². The van der Waals surface area contributed by atoms with Crippen molar-refractivity contribution in [3.8, 4) is 10.4 Å². The maximum atomic E-state index is 11.4. The van der Waals surface area contributed by atoms with Crippen molar-refractivity contribution in [2.45, 2.75) is 26.2 Å². The Hall–Kier alpha value is -0.910. The summed E-state index contributed by atoms with van der Waals surface area (Å²) in [6.45, 7) is 6.04. The number of carboxylic acid groups (broad SMARTS) is 1. The molecule has 0 atom stereocenters. The normalized spacial score (nSPS) is 11.7. The Morgan fingerprint density at radius 2 is 2.05 bits per heavy atom. The molecule has 0 amide bonds. The number of aromatic nitrogens is 1. The second kappa shape index (κ2) is 5.47. The van der Waals surface area contributed by atoms with Crippen LogP contribution in [0.2, 0.25) is 5.02 Å². The number of rotatable bonds is 2. The van der Waals surface area contributed by atoms with Gasteiger partial charge in [-0.1, -0.05) is 54.4 Å². The molecule has 0 aliphatic heterocycles. The van der Waals surface area contributed by atoms with Crippen LogP contribution >= 0.6 is 38.9 Å². The lowest BCUT2D eigenvalue weighted by Gasteiger charge is -2.13. The number of hydrogen-bond donors (Lipinski definition) is 1. The Morgan fingerprint density at radius 1 is 1.40 bits per heavy atom. The lowest BCUT2D eigenvalue weighted by molar-refractivity contribution is 0.0692. The predicted molar refractivity (Wildman–Crippen MR) is 85.9 cm³/mol. The Labute approximate surface area is 134 Å². The van der Waals surface area contributed by atoms with Gasteiger partial charge in [0.1, 0.15) is 0 Å². The molecule has 0 saturated heterocycles. The molecule has 0 aliphatic rings. The lowest BCUT2D eigenvalue weighted by atomic mass is 9.98. The average Bonchev–Trinajstić information content (AvgIpc) is 2.73. The first-order valence-electron chi connectivity index (χ1n) is 5.90. The Morgan fingerprint density at radius 3 is 2.55 bits per heavy atom. The zero-order chi connectivity index (χ0) is 15.1. The standard InChI is InChI=1S/C14H13BrClNO2S/c1-14(2,3)13-17-10(12(18)19)11(20-13)8-5-4-7(16)6-9(8)15/h4-6H,1-3H3,(H,18,19). The summed E-state index contributed by atoms with van der Waals surface area (Å²) in [5.41, 5.74) is 0.689. The van der Waals surface area contributed by atoms with Gasteiger partial charge in [0, 0.05) is 20.5 Å². The summed E-state index contributed by atoms with van der Waals surface area (Å²) in [4.78, 5) is 16.3. The molecule has 3 nitrogen and oxygen atoms in total. The van der Waals surface area contributed by atoms with Crippen LogP contribution in [-0.2, 0) is 5.41 Å². The number of halogens is 2. The van der Waals surface area contributed by atoms with E-state index >= 15 is 0 Å². The van der Waals surface area contributed by atoms with Gasteiger partial charge in [-0.05, 0) is 12.1 Å². The van der Waals surface area contributed by atoms with Crippen molar-refractivity contribution in [2.75, 3.05) is 0 Å². The lowest BCUT2D eigenvalue weighted by Crippen LogP contribution is -2.11. The van der Waals surface area contributed by atoms with Crippen LogP contribution in [-0.4, -0.2) is 16.1 Å². The molecule has 0 aliphatic carbocycles. The SMILES string of the molecule is CC(C)(C)c1nc(C(=O)O)c(-c2ccc(Cl)cc2Br)s1. The molecule has 1 aromatic heterocycles. The van der Waals surface area contributed by atoms with Crippen LogP contribution < -0.4 is 0 Å². The van der Waals surface area contributed by atoms with Crippen LogP contribution in [0.1, 0.15) is 36.3 Å². The number of thiazole rings is 1. The van der Waals surface area contributed by atoms with E-state index in [0.29, 0.717) is 9.90 Å². The largest absolute Gasteiger partial charge is 0.476 e. The van der Waals surface area contributed by atoms with Crippen molar-refractivity contribution in [1.82, 2.24) is 4.98 Å². The van der Waals surface area contributed by atoms with Crippen LogP contribution in [0.25, 0.3) is 10.4 Å². The maximum Gasteiger partial charge on any atom is 0.356 e. The minimum atomic E-state index is -1.02. The summed E-state index contributed by atoms with van der Waals surface area (Å²) in [5.74, 6) is -1.02. The molecule has 2 rings (SSSR count). The van der Waals surface area contributed by atoms with Crippen LogP contribution in [0.5, 0.6) is 0 Å². The van der Waals surface area contributed by atoms with E-state index in [2.05, 4.69) is 20.9 Å². The quantitative estimate of drug-likeness (QED) is 0.784. The molecule has 1 N–H and O–H groups in total. The van der Waals surface area contributed by atoms with Crippen molar-refractivity contribution in [3.05, 3.63) is 38.4 Å². The molecule has 106 valence electrons. The van der Waals surface area contributed by atoms with Gasteiger partial charge in [-0.15, -0.1) is 11.3 Å². The smallest absolute Gasteiger partial charge is 0.356 e. The van der Waals surface area contributed by atoms with Crippen molar-refractivity contribution in [3.63, 3.8) is 0 Å². The topological polar surface area (TPSA) is 50.2 Å². The second-order valence-corrected chi connectivity index (χ2v) is 7.67. The van der Waals surface area contributed by atoms with Gasteiger partial charge in [0.2, 0.25) is 0 Å². The van der Waals surface area contributed by atoms with Crippen molar-refractivity contribution < 1.29 is 9.90 Å². The summed E-state index contributed by atoms with van der Waals surface area (Å²) >= 11 is 10.8. The average molecular weight is 375 g/mol. The first-order valence-corrected chi connectivity index (χ1v) is 7.89. The molecule has 0 unspecified atom stereocenters. The minimum Gasteiger partial charge on any atom is -0.476 e. The molecule has 1 heterocycles. The number of nitrogens with zero attached hydrogens (tertiary/aromatic N) is 1. The zero-order valence-corrected chi connectivity index (χ0v) is 14.4. The van der Waals surface area contributed by atoms with Gasteiger partial charge in [-0.2, -0.15) is 0 Å². The molecular formula is C14H13BrClNO2S. The van der Waals surface area contributed by atoms with E-state index in [-0.39, 0.29) is 11.1 Å². The number of aromatic carboxylic acids is 1. The summed E-state index contributed by atoms with van der Waals surface area (Å²) in [6.07, 6.45) is 0. The molecule has 2 aromatic rings. The van der Waals surface area contributed by atoms with Gasteiger partial charge in [0.15, 0.2) is 5.69 Å². The van der Waals surface area contributed by atoms with Crippen LogP contribution in [0.15, 0.2) is 22.7 Å². The van der Waals surface area contributed by atoms with Gasteiger partial charge in [0.05, 0.1) is 9.88 Å². The summed E-state index contributed by atoms with van der Waals surface area (Å²) in [7, 11) is 0. The summed E-state index contributed by atoms with van der Waals surface area (Å²) in [5, 5.41) is 10.7. The molecule has 6 heteroatoms. The fourth-order valence-electron chi connectivity index (χ4n) is 1.64. The third-order valence-electron chi connectivity index (χ3n) is 2.65. The Balaban J connectivity index is 2.66. The monoisotopic (exact) mass is 373 g/mol. The van der Waals surface area contributed by atoms with Crippen molar-refractivity contribution in [1.29, 1.82) is 0 Å². The number of carbonyl (C=O) groups is 1. The first kappa shape index (κ1) is 15.5. The minimum absolute atomic E-state index is 0.0861. The highest BCUT2D eigenvalue weighted by Crippen LogP contribution is 2.39. The molecule has 20 heavy (non-hydrogen) atoms. The summed E-state index contributed by atoms with van der Waals surface area (Å²) in [6, 6.07) is 5.29. The number of carboxylic acids is 1. The molecule has 0 saturated carbocycles. The molecular weight excluding hydrogens is 362 g/mol. The van der Waals surface area contributed by atoms with Crippen LogP contribution in [0.3, 0.4) is 0 Å². The molecule has 0 bridgehead atoms. The third-order valence-corrected chi connectivity index (χ3v) is 5.05. The predicted octanol–water partition coefficient (Wildman–Crippen LogP) is 5.22. The third kappa shape index (κ3) is 3.05. The molecule has 0 radical (unpaired) electrons. The molecule has 0 spiro atoms. The highest BCUT2D eigenvalue weighted by Gasteiger charge is 2.26. The van der Waals surface area contributed by atoms with E-state index in [1.54, 1.807) is 18.2 Å².